The van der Waals surface area contributed by atoms with Gasteiger partial charge in [-0.2, -0.15) is 5.01 Å². The van der Waals surface area contributed by atoms with Gasteiger partial charge in [0.2, 0.25) is 5.91 Å². The van der Waals surface area contributed by atoms with Crippen molar-refractivity contribution in [2.24, 2.45) is 18.0 Å². The normalized spacial score (nSPS) is 21.5. The van der Waals surface area contributed by atoms with E-state index in [-0.39, 0.29) is 65.5 Å². The highest BCUT2D eigenvalue weighted by Crippen LogP contribution is 2.48. The number of amides is 2. The second kappa shape index (κ2) is 21.6. The number of halogens is 2. The minimum absolute atomic E-state index is 0.0220. The molecule has 0 radical (unpaired) electrons. The Morgan fingerprint density at radius 3 is 2.58 bits per heavy atom. The molecular formula is C55H63F2N11O8S2. The predicted molar refractivity (Wildman–Crippen MR) is 292 cm³/mol. The molecule has 0 saturated carbocycles. The molecule has 1 aromatic carbocycles. The van der Waals surface area contributed by atoms with Gasteiger partial charge in [0.15, 0.2) is 32.9 Å². The largest absolute Gasteiger partial charge is 0.476 e. The zero-order chi connectivity index (χ0) is 55.4. The molecule has 412 valence electrons. The third-order valence-electron chi connectivity index (χ3n) is 15.1. The fraction of sp³-hybridized carbons (Fsp3) is 0.436. The fourth-order valence-corrected chi connectivity index (χ4v) is 13.0. The number of pyridine rings is 2. The van der Waals surface area contributed by atoms with Crippen LogP contribution < -0.4 is 31.3 Å². The monoisotopic (exact) mass is 1110 g/mol. The van der Waals surface area contributed by atoms with Crippen molar-refractivity contribution in [1.29, 1.82) is 0 Å². The Morgan fingerprint density at radius 2 is 1.87 bits per heavy atom. The number of ether oxygens (including phenoxy) is 1. The molecule has 4 N–H and O–H groups in total. The van der Waals surface area contributed by atoms with Gasteiger partial charge in [0.25, 0.3) is 17.3 Å². The van der Waals surface area contributed by atoms with Gasteiger partial charge in [-0.25, -0.2) is 32.2 Å². The third kappa shape index (κ3) is 10.3. The number of aliphatic hydroxyl groups is 1. The standard InChI is InChI=1S/C55H63F2N11O8S2/c1-8-68-55(5,33-14-12-32(13-15-33)49-31(4)61-29-77-49)62-50(63-68)41-23-35(69)26-67(41)54(72)44(30(2)3)42-24-43(64-76-42)75-21-11-9-10-18-59-52(70)45-37-27-66(51-39(57)22-34(56)25-60-51)40-16-19-58-48(46(37)40)47-36(17-20-65(6)53(47)71)38(45)28-78(7,73)74/h12-15,17,20,22,24-25,27,29-30,35,40-41,44,58,69H,8-11,16,18-19,21,23,26,28H2,1-7H3,(H,59,70)(H,62,63)/t35-,40?,41?,44-,55-/m1/s1. The number of nitrogens with zero attached hydrogens (tertiary/aromatic N) is 8. The molecular weight excluding hydrogens is 1040 g/mol. The number of aliphatic imine (C=N–C) groups is 1. The number of likely N-dealkylation sites (tertiary alicyclic amines) is 1. The van der Waals surface area contributed by atoms with Gasteiger partial charge in [0.05, 0.1) is 69.7 Å². The Bertz CT molecular complexity index is 3480. The van der Waals surface area contributed by atoms with E-state index >= 15 is 4.39 Å². The van der Waals surface area contributed by atoms with Gasteiger partial charge in [0, 0.05) is 81.6 Å². The molecule has 78 heavy (non-hydrogen) atoms. The van der Waals surface area contributed by atoms with Crippen molar-refractivity contribution in [3.63, 3.8) is 0 Å². The number of unbranched alkanes of at least 4 members (excludes halogenated alkanes) is 2. The lowest BCUT2D eigenvalue weighted by Crippen LogP contribution is -2.51. The van der Waals surface area contributed by atoms with E-state index in [9.17, 15) is 32.3 Å². The number of anilines is 1. The number of nitrogens with one attached hydrogen (secondary N) is 3. The van der Waals surface area contributed by atoms with Crippen molar-refractivity contribution in [1.82, 2.24) is 45.7 Å². The SMILES string of the molecule is CCN1NC(C2C[C@@H](O)CN2C(=O)[C@@H](c2cc(OCCCCCNC(=O)C3=C(CS(C)(=O)=O)c4ccn(C)c(=O)c4C4=C5C3=CN(c3ncc(F)cc3F)C5CCN4)no2)C(C)C)=N[C@@]1(C)c1ccc(-c2scnc2C)cc1. The number of carbonyl (C=O) groups is 2. The van der Waals surface area contributed by atoms with Crippen LogP contribution in [0, 0.1) is 24.5 Å². The summed E-state index contributed by atoms with van der Waals surface area (Å²) in [6.45, 7) is 11.4. The number of hydrogen-bond acceptors (Lipinski definition) is 17. The number of rotatable bonds is 18. The van der Waals surface area contributed by atoms with Crippen LogP contribution >= 0.6 is 11.3 Å². The molecule has 19 nitrogen and oxygen atoms in total. The highest BCUT2D eigenvalue weighted by molar-refractivity contribution is 7.91. The van der Waals surface area contributed by atoms with Gasteiger partial charge in [-0.3, -0.25) is 14.4 Å². The second-order valence-electron chi connectivity index (χ2n) is 20.9. The van der Waals surface area contributed by atoms with Crippen LogP contribution in [0.4, 0.5) is 14.6 Å². The van der Waals surface area contributed by atoms with E-state index in [1.54, 1.807) is 35.4 Å². The maximum atomic E-state index is 15.4. The number of β-amino-alcohol motifs (C(OH)–C–C–N with tert-alkyl or cyclic N) is 1. The van der Waals surface area contributed by atoms with Gasteiger partial charge in [0.1, 0.15) is 17.6 Å². The Morgan fingerprint density at radius 1 is 1.09 bits per heavy atom. The van der Waals surface area contributed by atoms with Crippen LogP contribution in [0.2, 0.25) is 0 Å². The maximum absolute atomic E-state index is 15.4. The number of fused-ring (bicyclic) bond motifs is 2. The number of amidine groups is 1. The summed E-state index contributed by atoms with van der Waals surface area (Å²) in [7, 11) is -2.23. The molecule has 0 spiro atoms. The molecule has 8 heterocycles. The first kappa shape index (κ1) is 54.3. The summed E-state index contributed by atoms with van der Waals surface area (Å²) >= 11 is 1.60. The van der Waals surface area contributed by atoms with E-state index in [1.165, 1.54) is 21.9 Å². The third-order valence-corrected chi connectivity index (χ3v) is 16.9. The number of aliphatic hydroxyl groups excluding tert-OH is 1. The van der Waals surface area contributed by atoms with Crippen LogP contribution in [-0.4, -0.2) is 124 Å². The smallest absolute Gasteiger partial charge is 0.260 e. The molecule has 4 aromatic heterocycles. The number of hydrazine groups is 1. The summed E-state index contributed by atoms with van der Waals surface area (Å²) < 4.78 is 69.0. The summed E-state index contributed by atoms with van der Waals surface area (Å²) in [6.07, 6.45) is 6.60. The number of aromatic nitrogens is 4. The first-order valence-electron chi connectivity index (χ1n) is 26.2. The van der Waals surface area contributed by atoms with Crippen molar-refractivity contribution >= 4 is 55.9 Å². The summed E-state index contributed by atoms with van der Waals surface area (Å²) in [5, 5.41) is 23.5. The van der Waals surface area contributed by atoms with Crippen molar-refractivity contribution in [2.45, 2.75) is 96.5 Å². The molecule has 1 aliphatic carbocycles. The molecule has 5 aliphatic rings. The number of thiazole rings is 1. The van der Waals surface area contributed by atoms with Gasteiger partial charge in [-0.1, -0.05) is 45.0 Å². The number of sulfone groups is 1. The molecule has 10 rings (SSSR count). The van der Waals surface area contributed by atoms with E-state index in [4.69, 9.17) is 14.3 Å². The zero-order valence-corrected chi connectivity index (χ0v) is 46.1. The number of aryl methyl sites for hydroxylation is 2. The van der Waals surface area contributed by atoms with Crippen molar-refractivity contribution in [2.75, 3.05) is 49.7 Å². The Kier molecular flexibility index (Phi) is 15.1. The summed E-state index contributed by atoms with van der Waals surface area (Å²) in [6, 6.07) is 11.1. The van der Waals surface area contributed by atoms with Crippen LogP contribution in [0.5, 0.6) is 5.88 Å². The topological polar surface area (TPSA) is 230 Å². The van der Waals surface area contributed by atoms with E-state index in [1.807, 2.05) is 45.1 Å². The molecule has 23 heteroatoms. The fourth-order valence-electron chi connectivity index (χ4n) is 11.4. The summed E-state index contributed by atoms with van der Waals surface area (Å²) in [5.41, 5.74) is 8.96. The average molecular weight is 1110 g/mol. The maximum Gasteiger partial charge on any atom is 0.260 e. The number of carbonyl (C=O) groups excluding carboxylic acids is 2. The lowest BCUT2D eigenvalue weighted by atomic mass is 9.89. The number of benzene rings is 1. The van der Waals surface area contributed by atoms with Gasteiger partial charge in [-0.05, 0) is 78.9 Å². The van der Waals surface area contributed by atoms with Crippen LogP contribution in [-0.2, 0) is 32.1 Å². The minimum Gasteiger partial charge on any atom is -0.476 e. The molecule has 2 amide bonds. The van der Waals surface area contributed by atoms with E-state index < -0.39 is 68.5 Å². The second-order valence-corrected chi connectivity index (χ2v) is 23.9. The molecule has 2 unspecified atom stereocenters. The molecule has 5 aromatic rings. The van der Waals surface area contributed by atoms with E-state index in [2.05, 4.69) is 55.4 Å². The van der Waals surface area contributed by atoms with Crippen molar-refractivity contribution in [3.8, 4) is 16.3 Å². The van der Waals surface area contributed by atoms with Gasteiger partial charge in [-0.15, -0.1) is 11.3 Å². The quantitative estimate of drug-likeness (QED) is 0.0744. The first-order valence-corrected chi connectivity index (χ1v) is 29.1. The Hall–Kier alpha value is -7.08. The van der Waals surface area contributed by atoms with Crippen LogP contribution in [0.25, 0.3) is 21.7 Å². The zero-order valence-electron chi connectivity index (χ0n) is 44.5. The van der Waals surface area contributed by atoms with Crippen LogP contribution in [0.1, 0.15) is 93.9 Å². The average Bonchev–Trinajstić information content (AvgIpc) is 4.45. The summed E-state index contributed by atoms with van der Waals surface area (Å²) in [4.78, 5) is 61.2. The van der Waals surface area contributed by atoms with Crippen LogP contribution in [0.3, 0.4) is 0 Å². The molecule has 1 saturated heterocycles. The van der Waals surface area contributed by atoms with Gasteiger partial charge < -0.3 is 44.8 Å². The minimum atomic E-state index is -3.81. The lowest BCUT2D eigenvalue weighted by molar-refractivity contribution is -0.134. The number of hydrogen-bond donors (Lipinski definition) is 4. The first-order chi connectivity index (χ1) is 37.3. The molecule has 4 aliphatic heterocycles. The van der Waals surface area contributed by atoms with Gasteiger partial charge >= 0.3 is 0 Å². The highest BCUT2D eigenvalue weighted by atomic mass is 32.2. The molecule has 5 atom stereocenters. The lowest BCUT2D eigenvalue weighted by Gasteiger charge is -2.32. The van der Waals surface area contributed by atoms with Crippen molar-refractivity contribution < 1.29 is 41.2 Å². The van der Waals surface area contributed by atoms with Crippen molar-refractivity contribution in [3.05, 3.63) is 133 Å². The van der Waals surface area contributed by atoms with E-state index in [0.717, 1.165) is 40.2 Å². The predicted octanol–water partition coefficient (Wildman–Crippen LogP) is 5.95. The summed E-state index contributed by atoms with van der Waals surface area (Å²) in [5.74, 6) is -3.20. The molecule has 0 bridgehead atoms. The van der Waals surface area contributed by atoms with E-state index in [0.29, 0.717) is 73.6 Å². The Balaban J connectivity index is 0.799. The van der Waals surface area contributed by atoms with Crippen LogP contribution in [0.15, 0.2) is 97.6 Å². The Labute approximate surface area is 454 Å². The molecule has 1 fully saturated rings. The highest BCUT2D eigenvalue weighted by Gasteiger charge is 2.48.